The molecule has 248 valence electrons. The maximum absolute atomic E-state index is 5.06. The molecule has 0 unspecified atom stereocenters. The molecule has 0 aliphatic heterocycles. The number of nitrogens with zero attached hydrogens (tertiary/aromatic N) is 4. The van der Waals surface area contributed by atoms with Crippen LogP contribution >= 0.6 is 0 Å². The van der Waals surface area contributed by atoms with Crippen molar-refractivity contribution < 1.29 is 0 Å². The van der Waals surface area contributed by atoms with Gasteiger partial charge in [0.25, 0.3) is 0 Å². The van der Waals surface area contributed by atoms with E-state index in [0.717, 1.165) is 39.9 Å². The summed E-state index contributed by atoms with van der Waals surface area (Å²) in [6, 6.07) is 59.8. The lowest BCUT2D eigenvalue weighted by Crippen LogP contribution is -2.01. The van der Waals surface area contributed by atoms with Crippen molar-refractivity contribution in [2.75, 3.05) is 0 Å². The van der Waals surface area contributed by atoms with E-state index < -0.39 is 0 Å². The van der Waals surface area contributed by atoms with Crippen LogP contribution in [-0.4, -0.2) is 19.5 Å². The lowest BCUT2D eigenvalue weighted by molar-refractivity contribution is 1.07. The van der Waals surface area contributed by atoms with E-state index >= 15 is 0 Å². The van der Waals surface area contributed by atoms with Crippen LogP contribution in [0.3, 0.4) is 0 Å². The summed E-state index contributed by atoms with van der Waals surface area (Å²) in [5, 5.41) is 2.49. The molecule has 2 heterocycles. The largest absolute Gasteiger partial charge is 0.309 e. The molecule has 4 nitrogen and oxygen atoms in total. The summed E-state index contributed by atoms with van der Waals surface area (Å²) in [7, 11) is 0. The van der Waals surface area contributed by atoms with E-state index in [9.17, 15) is 0 Å². The molecule has 0 spiro atoms. The number of hydrogen-bond acceptors (Lipinski definition) is 3. The Labute approximate surface area is 303 Å². The van der Waals surface area contributed by atoms with E-state index in [4.69, 9.17) is 15.0 Å². The summed E-state index contributed by atoms with van der Waals surface area (Å²) >= 11 is 0. The molecule has 0 amide bonds. The highest BCUT2D eigenvalue weighted by atomic mass is 15.0. The van der Waals surface area contributed by atoms with Gasteiger partial charge in [0, 0.05) is 33.2 Å². The summed E-state index contributed by atoms with van der Waals surface area (Å²) in [6.45, 7) is 4.45. The first-order chi connectivity index (χ1) is 25.6. The molecular weight excluding hydrogens is 633 g/mol. The number of aryl methyl sites for hydroxylation is 2. The van der Waals surface area contributed by atoms with Crippen molar-refractivity contribution in [1.29, 1.82) is 0 Å². The molecule has 0 radical (unpaired) electrons. The summed E-state index contributed by atoms with van der Waals surface area (Å²) in [4.78, 5) is 15.1. The van der Waals surface area contributed by atoms with Gasteiger partial charge < -0.3 is 4.57 Å². The van der Waals surface area contributed by atoms with Crippen LogP contribution in [-0.2, 0) is 6.42 Å². The highest BCUT2D eigenvalue weighted by Crippen LogP contribution is 2.38. The number of benzene rings is 7. The Balaban J connectivity index is 1.16. The Kier molecular flexibility index (Phi) is 7.98. The Morgan fingerprint density at radius 3 is 1.73 bits per heavy atom. The average Bonchev–Trinajstić information content (AvgIpc) is 3.54. The first-order valence-electron chi connectivity index (χ1n) is 17.8. The van der Waals surface area contributed by atoms with Crippen molar-refractivity contribution in [2.45, 2.75) is 20.3 Å². The zero-order chi connectivity index (χ0) is 35.0. The third kappa shape index (κ3) is 5.65. The average molecular weight is 669 g/mol. The van der Waals surface area contributed by atoms with Crippen molar-refractivity contribution >= 4 is 21.8 Å². The van der Waals surface area contributed by atoms with Crippen molar-refractivity contribution in [2.24, 2.45) is 0 Å². The molecular formula is C48H36N4. The lowest BCUT2D eigenvalue weighted by Gasteiger charge is -2.13. The van der Waals surface area contributed by atoms with Crippen molar-refractivity contribution in [3.8, 4) is 62.1 Å². The summed E-state index contributed by atoms with van der Waals surface area (Å²) in [6.07, 6.45) is 0.997. The quantitative estimate of drug-likeness (QED) is 0.170. The molecule has 4 heteroatoms. The van der Waals surface area contributed by atoms with Gasteiger partial charge in [-0.25, -0.2) is 15.0 Å². The smallest absolute Gasteiger partial charge is 0.164 e. The molecule has 9 rings (SSSR count). The molecule has 2 aromatic heterocycles. The minimum Gasteiger partial charge on any atom is -0.309 e. The summed E-state index contributed by atoms with van der Waals surface area (Å²) in [5.74, 6) is 1.93. The van der Waals surface area contributed by atoms with Crippen LogP contribution in [0.15, 0.2) is 170 Å². The third-order valence-electron chi connectivity index (χ3n) is 9.99. The molecule has 0 saturated heterocycles. The first-order valence-corrected chi connectivity index (χ1v) is 17.8. The van der Waals surface area contributed by atoms with Gasteiger partial charge in [0.2, 0.25) is 0 Å². The van der Waals surface area contributed by atoms with E-state index in [0.29, 0.717) is 17.5 Å². The van der Waals surface area contributed by atoms with Gasteiger partial charge >= 0.3 is 0 Å². The topological polar surface area (TPSA) is 43.6 Å². The van der Waals surface area contributed by atoms with Crippen molar-refractivity contribution in [3.63, 3.8) is 0 Å². The van der Waals surface area contributed by atoms with Crippen LogP contribution in [0.1, 0.15) is 18.1 Å². The fraction of sp³-hybridized carbons (Fsp3) is 0.0625. The predicted molar refractivity (Wildman–Crippen MR) is 215 cm³/mol. The zero-order valence-electron chi connectivity index (χ0n) is 29.2. The van der Waals surface area contributed by atoms with Crippen LogP contribution in [0.4, 0.5) is 0 Å². The van der Waals surface area contributed by atoms with Crippen LogP contribution in [0.25, 0.3) is 83.9 Å². The maximum atomic E-state index is 5.06. The maximum Gasteiger partial charge on any atom is 0.164 e. The van der Waals surface area contributed by atoms with Gasteiger partial charge in [-0.05, 0) is 95.3 Å². The second-order valence-electron chi connectivity index (χ2n) is 13.2. The molecule has 52 heavy (non-hydrogen) atoms. The van der Waals surface area contributed by atoms with Gasteiger partial charge in [-0.2, -0.15) is 0 Å². The van der Waals surface area contributed by atoms with E-state index in [1.165, 1.54) is 44.1 Å². The Morgan fingerprint density at radius 1 is 0.423 bits per heavy atom. The van der Waals surface area contributed by atoms with E-state index in [2.05, 4.69) is 152 Å². The fourth-order valence-corrected chi connectivity index (χ4v) is 7.36. The van der Waals surface area contributed by atoms with Crippen LogP contribution in [0.5, 0.6) is 0 Å². The standard InChI is InChI=1S/C48H36N4/c1-3-33-15-10-11-22-40(33)42-31-43-41-23-12-13-24-44(41)52(45(43)29-32(42)2)39-27-25-36(26-28-39)47-49-46(35-18-8-5-9-19-35)50-48(51-47)38-21-14-20-37(30-38)34-16-6-4-7-17-34/h4-31H,3H2,1-2H3. The van der Waals surface area contributed by atoms with Gasteiger partial charge in [-0.1, -0.05) is 128 Å². The first kappa shape index (κ1) is 31.3. The van der Waals surface area contributed by atoms with Gasteiger partial charge in [-0.3, -0.25) is 0 Å². The summed E-state index contributed by atoms with van der Waals surface area (Å²) < 4.78 is 2.38. The van der Waals surface area contributed by atoms with Gasteiger partial charge in [0.1, 0.15) is 0 Å². The number of hydrogen-bond donors (Lipinski definition) is 0. The lowest BCUT2D eigenvalue weighted by atomic mass is 9.93. The second-order valence-corrected chi connectivity index (χ2v) is 13.2. The fourth-order valence-electron chi connectivity index (χ4n) is 7.36. The molecule has 0 atom stereocenters. The number of fused-ring (bicyclic) bond motifs is 3. The Hall–Kier alpha value is -6.65. The van der Waals surface area contributed by atoms with E-state index in [1.54, 1.807) is 0 Å². The van der Waals surface area contributed by atoms with Crippen molar-refractivity contribution in [3.05, 3.63) is 181 Å². The number of rotatable bonds is 7. The van der Waals surface area contributed by atoms with Crippen LogP contribution in [0.2, 0.25) is 0 Å². The molecule has 0 fully saturated rings. The second kappa shape index (κ2) is 13.2. The monoisotopic (exact) mass is 668 g/mol. The Morgan fingerprint density at radius 2 is 1.00 bits per heavy atom. The third-order valence-corrected chi connectivity index (χ3v) is 9.99. The van der Waals surface area contributed by atoms with Gasteiger partial charge in [0.05, 0.1) is 11.0 Å². The van der Waals surface area contributed by atoms with Gasteiger partial charge in [-0.15, -0.1) is 0 Å². The highest BCUT2D eigenvalue weighted by Gasteiger charge is 2.17. The SMILES string of the molecule is CCc1ccccc1-c1cc2c3ccccc3n(-c3ccc(-c4nc(-c5ccccc5)nc(-c5cccc(-c6ccccc6)c5)n4)cc3)c2cc1C. The molecule has 0 saturated carbocycles. The molecule has 0 N–H and O–H groups in total. The molecule has 0 bridgehead atoms. The number of para-hydroxylation sites is 1. The molecule has 0 aliphatic rings. The minimum atomic E-state index is 0.637. The number of aromatic nitrogens is 4. The normalized spacial score (nSPS) is 11.3. The Bertz CT molecular complexity index is 2710. The predicted octanol–water partition coefficient (Wildman–Crippen LogP) is 12.2. The van der Waals surface area contributed by atoms with Crippen molar-refractivity contribution in [1.82, 2.24) is 19.5 Å². The highest BCUT2D eigenvalue weighted by molar-refractivity contribution is 6.11. The van der Waals surface area contributed by atoms with Crippen LogP contribution < -0.4 is 0 Å². The zero-order valence-corrected chi connectivity index (χ0v) is 29.2. The summed E-state index contributed by atoms with van der Waals surface area (Å²) in [5.41, 5.74) is 13.8. The van der Waals surface area contributed by atoms with Gasteiger partial charge in [0.15, 0.2) is 17.5 Å². The van der Waals surface area contributed by atoms with Crippen LogP contribution in [0, 0.1) is 6.92 Å². The molecule has 9 aromatic rings. The minimum absolute atomic E-state index is 0.637. The van der Waals surface area contributed by atoms with E-state index in [1.807, 2.05) is 36.4 Å². The van der Waals surface area contributed by atoms with E-state index in [-0.39, 0.29) is 0 Å². The molecule has 7 aromatic carbocycles. The molecule has 0 aliphatic carbocycles.